The third-order valence-electron chi connectivity index (χ3n) is 5.29. The predicted octanol–water partition coefficient (Wildman–Crippen LogP) is 3.19. The van der Waals surface area contributed by atoms with Gasteiger partial charge in [0.2, 0.25) is 21.8 Å². The number of rotatable bonds is 11. The van der Waals surface area contributed by atoms with E-state index >= 15 is 0 Å². The van der Waals surface area contributed by atoms with Crippen molar-refractivity contribution >= 4 is 27.5 Å². The van der Waals surface area contributed by atoms with E-state index in [4.69, 9.17) is 9.47 Å². The van der Waals surface area contributed by atoms with Crippen molar-refractivity contribution in [3.05, 3.63) is 54.1 Å². The van der Waals surface area contributed by atoms with Crippen molar-refractivity contribution < 1.29 is 27.5 Å². The number of anilines is 1. The number of methoxy groups -OCH3 is 1. The lowest BCUT2D eigenvalue weighted by molar-refractivity contribution is -0.140. The van der Waals surface area contributed by atoms with E-state index in [9.17, 15) is 18.0 Å². The summed E-state index contributed by atoms with van der Waals surface area (Å²) in [5.74, 6) is 0.133. The molecule has 0 radical (unpaired) electrons. The fourth-order valence-corrected chi connectivity index (χ4v) is 4.37. The van der Waals surface area contributed by atoms with E-state index in [0.717, 1.165) is 16.1 Å². The van der Waals surface area contributed by atoms with Crippen molar-refractivity contribution in [2.24, 2.45) is 0 Å². The number of benzene rings is 2. The average molecular weight is 520 g/mol. The van der Waals surface area contributed by atoms with Crippen LogP contribution in [0.4, 0.5) is 5.69 Å². The third-order valence-corrected chi connectivity index (χ3v) is 6.42. The summed E-state index contributed by atoms with van der Waals surface area (Å²) in [5.41, 5.74) is 0.515. The molecular weight excluding hydrogens is 482 g/mol. The highest BCUT2D eigenvalue weighted by molar-refractivity contribution is 7.92. The Morgan fingerprint density at radius 2 is 1.67 bits per heavy atom. The topological polar surface area (TPSA) is 105 Å². The largest absolute Gasteiger partial charge is 0.497 e. The summed E-state index contributed by atoms with van der Waals surface area (Å²) in [6.07, 6.45) is 1.03. The molecule has 0 spiro atoms. The minimum Gasteiger partial charge on any atom is -0.497 e. The Morgan fingerprint density at radius 1 is 1.06 bits per heavy atom. The summed E-state index contributed by atoms with van der Waals surface area (Å²) in [6.45, 7) is 8.91. The number of amides is 2. The van der Waals surface area contributed by atoms with E-state index in [0.29, 0.717) is 18.1 Å². The number of sulfonamides is 1. The van der Waals surface area contributed by atoms with Gasteiger partial charge in [-0.25, -0.2) is 8.42 Å². The van der Waals surface area contributed by atoms with Crippen LogP contribution in [0.2, 0.25) is 0 Å². The molecule has 2 amide bonds. The molecule has 0 saturated carbocycles. The molecule has 1 N–H and O–H groups in total. The zero-order valence-electron chi connectivity index (χ0n) is 22.1. The summed E-state index contributed by atoms with van der Waals surface area (Å²) >= 11 is 0. The van der Waals surface area contributed by atoms with E-state index in [2.05, 4.69) is 5.32 Å². The van der Waals surface area contributed by atoms with Crippen LogP contribution in [-0.4, -0.2) is 63.2 Å². The van der Waals surface area contributed by atoms with Crippen molar-refractivity contribution in [1.29, 1.82) is 0 Å². The monoisotopic (exact) mass is 519 g/mol. The van der Waals surface area contributed by atoms with Gasteiger partial charge in [-0.2, -0.15) is 0 Å². The van der Waals surface area contributed by atoms with E-state index in [1.54, 1.807) is 69.5 Å². The lowest BCUT2D eigenvalue weighted by Crippen LogP contribution is -2.54. The van der Waals surface area contributed by atoms with Gasteiger partial charge in [-0.15, -0.1) is 0 Å². The summed E-state index contributed by atoms with van der Waals surface area (Å²) < 4.78 is 37.4. The van der Waals surface area contributed by atoms with Crippen LogP contribution < -0.4 is 19.1 Å². The van der Waals surface area contributed by atoms with Crippen molar-refractivity contribution in [2.75, 3.05) is 30.8 Å². The second-order valence-corrected chi connectivity index (χ2v) is 11.4. The van der Waals surface area contributed by atoms with Crippen LogP contribution in [0, 0.1) is 0 Å². The van der Waals surface area contributed by atoms with Gasteiger partial charge in [0.1, 0.15) is 24.1 Å². The van der Waals surface area contributed by atoms with Gasteiger partial charge in [0.05, 0.1) is 25.7 Å². The first kappa shape index (κ1) is 29.0. The Bertz CT molecular complexity index is 1140. The van der Waals surface area contributed by atoms with Gasteiger partial charge in [0.15, 0.2) is 0 Å². The maximum atomic E-state index is 13.7. The Kier molecular flexibility index (Phi) is 9.75. The van der Waals surface area contributed by atoms with E-state index < -0.39 is 34.1 Å². The Hall–Kier alpha value is -3.27. The Balaban J connectivity index is 2.44. The molecule has 0 heterocycles. The molecule has 0 aliphatic carbocycles. The van der Waals surface area contributed by atoms with Gasteiger partial charge >= 0.3 is 0 Å². The summed E-state index contributed by atoms with van der Waals surface area (Å²) in [7, 11) is -2.30. The number of hydrogen-bond acceptors (Lipinski definition) is 6. The van der Waals surface area contributed by atoms with Gasteiger partial charge in [-0.3, -0.25) is 13.9 Å². The molecule has 1 atom stereocenters. The van der Waals surface area contributed by atoms with Gasteiger partial charge in [-0.05, 0) is 64.4 Å². The molecule has 0 saturated heterocycles. The number of carbonyl (C=O) groups is 2. The van der Waals surface area contributed by atoms with Crippen LogP contribution in [-0.2, 0) is 26.2 Å². The Labute approximate surface area is 214 Å². The maximum absolute atomic E-state index is 13.7. The molecule has 2 rings (SSSR count). The number of nitrogens with zero attached hydrogens (tertiary/aromatic N) is 2. The van der Waals surface area contributed by atoms with E-state index in [1.165, 1.54) is 4.90 Å². The normalized spacial score (nSPS) is 12.4. The Morgan fingerprint density at radius 3 is 2.19 bits per heavy atom. The van der Waals surface area contributed by atoms with Gasteiger partial charge < -0.3 is 19.7 Å². The summed E-state index contributed by atoms with van der Waals surface area (Å²) in [4.78, 5) is 28.0. The number of nitrogens with one attached hydrogen (secondary N) is 1. The lowest BCUT2D eigenvalue weighted by atomic mass is 10.1. The van der Waals surface area contributed by atoms with Crippen molar-refractivity contribution in [3.8, 4) is 11.5 Å². The number of ether oxygens (including phenoxy) is 2. The third kappa shape index (κ3) is 8.15. The molecule has 0 bridgehead atoms. The van der Waals surface area contributed by atoms with Crippen molar-refractivity contribution in [2.45, 2.75) is 52.7 Å². The number of carbonyl (C=O) groups excluding carboxylic acids is 2. The van der Waals surface area contributed by atoms with E-state index in [1.807, 2.05) is 20.8 Å². The first-order valence-electron chi connectivity index (χ1n) is 11.7. The smallest absolute Gasteiger partial charge is 0.244 e. The molecule has 36 heavy (non-hydrogen) atoms. The van der Waals surface area contributed by atoms with Crippen molar-refractivity contribution in [1.82, 2.24) is 10.2 Å². The molecule has 0 unspecified atom stereocenters. The molecule has 0 aliphatic heterocycles. The molecule has 9 nitrogen and oxygen atoms in total. The predicted molar refractivity (Wildman–Crippen MR) is 141 cm³/mol. The van der Waals surface area contributed by atoms with Crippen LogP contribution in [0.5, 0.6) is 11.5 Å². The highest BCUT2D eigenvalue weighted by atomic mass is 32.2. The SMILES string of the molecule is CCOc1ccccc1N(CC(=O)N(Cc1ccc(OC)cc1)[C@@H](C)C(=O)NC(C)(C)C)S(C)(=O)=O. The number of para-hydroxylation sites is 2. The maximum Gasteiger partial charge on any atom is 0.244 e. The summed E-state index contributed by atoms with van der Waals surface area (Å²) in [5, 5.41) is 2.89. The first-order valence-corrected chi connectivity index (χ1v) is 13.6. The molecule has 2 aromatic rings. The van der Waals surface area contributed by atoms with Crippen LogP contribution in [0.1, 0.15) is 40.2 Å². The second kappa shape index (κ2) is 12.1. The zero-order chi connectivity index (χ0) is 27.1. The molecular formula is C26H37N3O6S. The molecule has 0 aromatic heterocycles. The fourth-order valence-electron chi connectivity index (χ4n) is 3.52. The fraction of sp³-hybridized carbons (Fsp3) is 0.462. The molecule has 0 aliphatic rings. The highest BCUT2D eigenvalue weighted by Crippen LogP contribution is 2.30. The minimum absolute atomic E-state index is 0.103. The van der Waals surface area contributed by atoms with Gasteiger partial charge in [-0.1, -0.05) is 24.3 Å². The molecule has 2 aromatic carbocycles. The molecule has 10 heteroatoms. The van der Waals surface area contributed by atoms with Crippen LogP contribution in [0.3, 0.4) is 0 Å². The van der Waals surface area contributed by atoms with Crippen molar-refractivity contribution in [3.63, 3.8) is 0 Å². The average Bonchev–Trinajstić information content (AvgIpc) is 2.79. The van der Waals surface area contributed by atoms with Gasteiger partial charge in [0, 0.05) is 12.1 Å². The number of hydrogen-bond donors (Lipinski definition) is 1. The standard InChI is InChI=1S/C26H37N3O6S/c1-8-35-23-12-10-9-11-22(23)29(36(7,32)33)18-24(30)28(19(2)25(31)27-26(3,4)5)17-20-13-15-21(34-6)16-14-20/h9-16,19H,8,17-18H2,1-7H3,(H,27,31)/t19-/m0/s1. The van der Waals surface area contributed by atoms with Crippen LogP contribution >= 0.6 is 0 Å². The lowest BCUT2D eigenvalue weighted by Gasteiger charge is -2.33. The van der Waals surface area contributed by atoms with Crippen LogP contribution in [0.25, 0.3) is 0 Å². The zero-order valence-corrected chi connectivity index (χ0v) is 22.9. The first-order chi connectivity index (χ1) is 16.8. The van der Waals surface area contributed by atoms with Crippen LogP contribution in [0.15, 0.2) is 48.5 Å². The highest BCUT2D eigenvalue weighted by Gasteiger charge is 2.32. The second-order valence-electron chi connectivity index (χ2n) is 9.46. The molecule has 0 fully saturated rings. The van der Waals surface area contributed by atoms with Gasteiger partial charge in [0.25, 0.3) is 0 Å². The minimum atomic E-state index is -3.86. The summed E-state index contributed by atoms with van der Waals surface area (Å²) in [6, 6.07) is 12.9. The quantitative estimate of drug-likeness (QED) is 0.489. The molecule has 198 valence electrons. The van der Waals surface area contributed by atoms with E-state index in [-0.39, 0.29) is 18.1 Å².